The summed E-state index contributed by atoms with van der Waals surface area (Å²) in [5.74, 6) is -0.633. The van der Waals surface area contributed by atoms with Crippen molar-refractivity contribution in [2.75, 3.05) is 5.43 Å². The largest absolute Gasteiger partial charge is 0.359 e. The Bertz CT molecular complexity index is 570. The van der Waals surface area contributed by atoms with Crippen molar-refractivity contribution < 1.29 is 14.4 Å². The van der Waals surface area contributed by atoms with Crippen LogP contribution in [0.3, 0.4) is 0 Å². The van der Waals surface area contributed by atoms with E-state index in [1.807, 2.05) is 18.2 Å². The molecule has 0 amide bonds. The molecule has 0 radical (unpaired) electrons. The van der Waals surface area contributed by atoms with Gasteiger partial charge in [0.05, 0.1) is 11.3 Å². The number of rotatable bonds is 5. The molecule has 19 heavy (non-hydrogen) atoms. The molecule has 96 valence electrons. The van der Waals surface area contributed by atoms with Crippen molar-refractivity contribution in [3.63, 3.8) is 0 Å². The molecule has 2 aromatic carbocycles. The lowest BCUT2D eigenvalue weighted by Crippen LogP contribution is -2.26. The van der Waals surface area contributed by atoms with Crippen molar-refractivity contribution in [2.24, 2.45) is 0 Å². The van der Waals surface area contributed by atoms with Crippen molar-refractivity contribution in [3.8, 4) is 0 Å². The number of aldehydes is 1. The summed E-state index contributed by atoms with van der Waals surface area (Å²) in [6.45, 7) is 0. The second kappa shape index (κ2) is 6.32. The SMILES string of the molecule is O=Cc1ccccc1C(=O)ONNc1ccccc1. The highest BCUT2D eigenvalue weighted by Crippen LogP contribution is 2.07. The summed E-state index contributed by atoms with van der Waals surface area (Å²) in [6.07, 6.45) is 0.612. The molecule has 0 bridgehead atoms. The second-order valence-electron chi connectivity index (χ2n) is 3.69. The molecule has 0 aliphatic heterocycles. The van der Waals surface area contributed by atoms with Crippen molar-refractivity contribution in [2.45, 2.75) is 0 Å². The minimum Gasteiger partial charge on any atom is -0.346 e. The molecule has 2 aromatic rings. The average Bonchev–Trinajstić information content (AvgIpc) is 2.48. The number of carbonyl (C=O) groups excluding carboxylic acids is 2. The Kier molecular flexibility index (Phi) is 4.25. The molecule has 0 saturated carbocycles. The van der Waals surface area contributed by atoms with Gasteiger partial charge >= 0.3 is 5.97 Å². The molecule has 0 saturated heterocycles. The first kappa shape index (κ1) is 12.8. The Morgan fingerprint density at radius 3 is 2.42 bits per heavy atom. The minimum atomic E-state index is -0.633. The van der Waals surface area contributed by atoms with Crippen LogP contribution in [0.1, 0.15) is 20.7 Å². The van der Waals surface area contributed by atoms with Gasteiger partial charge in [-0.3, -0.25) is 10.2 Å². The molecule has 2 rings (SSSR count). The highest BCUT2D eigenvalue weighted by molar-refractivity contribution is 5.98. The summed E-state index contributed by atoms with van der Waals surface area (Å²) in [4.78, 5) is 27.3. The van der Waals surface area contributed by atoms with Gasteiger partial charge in [-0.05, 0) is 18.2 Å². The number of nitrogens with one attached hydrogen (secondary N) is 2. The molecule has 0 aliphatic rings. The molecule has 0 spiro atoms. The van der Waals surface area contributed by atoms with E-state index in [2.05, 4.69) is 11.0 Å². The first-order chi connectivity index (χ1) is 9.31. The fraction of sp³-hybridized carbons (Fsp3) is 0. The third-order valence-electron chi connectivity index (χ3n) is 2.42. The molecule has 2 N–H and O–H groups in total. The van der Waals surface area contributed by atoms with E-state index in [4.69, 9.17) is 4.84 Å². The van der Waals surface area contributed by atoms with Crippen molar-refractivity contribution in [1.29, 1.82) is 0 Å². The van der Waals surface area contributed by atoms with Crippen LogP contribution in [0.4, 0.5) is 5.69 Å². The van der Waals surface area contributed by atoms with Crippen LogP contribution >= 0.6 is 0 Å². The molecular formula is C14H12N2O3. The summed E-state index contributed by atoms with van der Waals surface area (Å²) in [6, 6.07) is 15.6. The Balaban J connectivity index is 1.93. The predicted molar refractivity (Wildman–Crippen MR) is 70.4 cm³/mol. The van der Waals surface area contributed by atoms with Gasteiger partial charge in [0.2, 0.25) is 0 Å². The fourth-order valence-corrected chi connectivity index (χ4v) is 1.49. The maximum atomic E-state index is 11.7. The van der Waals surface area contributed by atoms with Crippen LogP contribution < -0.4 is 11.0 Å². The number of hydrogen-bond acceptors (Lipinski definition) is 5. The molecule has 5 heteroatoms. The maximum Gasteiger partial charge on any atom is 0.359 e. The van der Waals surface area contributed by atoms with Crippen molar-refractivity contribution >= 4 is 17.9 Å². The lowest BCUT2D eigenvalue weighted by Gasteiger charge is -2.08. The van der Waals surface area contributed by atoms with Crippen LogP contribution in [-0.2, 0) is 4.84 Å². The summed E-state index contributed by atoms with van der Waals surface area (Å²) in [7, 11) is 0. The van der Waals surface area contributed by atoms with Gasteiger partial charge in [-0.2, -0.15) is 0 Å². The van der Waals surface area contributed by atoms with Crippen LogP contribution in [0.15, 0.2) is 54.6 Å². The topological polar surface area (TPSA) is 67.4 Å². The number of para-hydroxylation sites is 1. The number of hydrazine groups is 1. The van der Waals surface area contributed by atoms with E-state index in [0.717, 1.165) is 5.69 Å². The molecule has 0 atom stereocenters. The van der Waals surface area contributed by atoms with Gasteiger partial charge in [0, 0.05) is 5.56 Å². The van der Waals surface area contributed by atoms with Gasteiger partial charge in [0.1, 0.15) is 0 Å². The highest BCUT2D eigenvalue weighted by Gasteiger charge is 2.11. The Labute approximate surface area is 110 Å². The lowest BCUT2D eigenvalue weighted by atomic mass is 10.1. The monoisotopic (exact) mass is 256 g/mol. The van der Waals surface area contributed by atoms with E-state index in [1.165, 1.54) is 6.07 Å². The minimum absolute atomic E-state index is 0.208. The van der Waals surface area contributed by atoms with Gasteiger partial charge in [0.25, 0.3) is 0 Å². The van der Waals surface area contributed by atoms with Gasteiger partial charge < -0.3 is 4.84 Å². The van der Waals surface area contributed by atoms with Gasteiger partial charge in [0.15, 0.2) is 6.29 Å². The fourth-order valence-electron chi connectivity index (χ4n) is 1.49. The zero-order chi connectivity index (χ0) is 13.5. The number of anilines is 1. The van der Waals surface area contributed by atoms with Crippen LogP contribution in [0.25, 0.3) is 0 Å². The van der Waals surface area contributed by atoms with Gasteiger partial charge in [-0.15, -0.1) is 0 Å². The van der Waals surface area contributed by atoms with Gasteiger partial charge in [-0.1, -0.05) is 42.0 Å². The van der Waals surface area contributed by atoms with Crippen LogP contribution in [0, 0.1) is 0 Å². The molecular weight excluding hydrogens is 244 g/mol. The zero-order valence-electron chi connectivity index (χ0n) is 10.00. The molecule has 0 aromatic heterocycles. The maximum absolute atomic E-state index is 11.7. The Morgan fingerprint density at radius 1 is 1.00 bits per heavy atom. The van der Waals surface area contributed by atoms with E-state index >= 15 is 0 Å². The normalized spacial score (nSPS) is 9.68. The third kappa shape index (κ3) is 3.40. The van der Waals surface area contributed by atoms with Crippen molar-refractivity contribution in [1.82, 2.24) is 5.59 Å². The van der Waals surface area contributed by atoms with E-state index < -0.39 is 5.97 Å². The smallest absolute Gasteiger partial charge is 0.346 e. The van der Waals surface area contributed by atoms with Crippen LogP contribution in [0.5, 0.6) is 0 Å². The summed E-state index contributed by atoms with van der Waals surface area (Å²) < 4.78 is 0. The summed E-state index contributed by atoms with van der Waals surface area (Å²) >= 11 is 0. The number of benzene rings is 2. The summed E-state index contributed by atoms with van der Waals surface area (Å²) in [5, 5.41) is 0. The van der Waals surface area contributed by atoms with Crippen molar-refractivity contribution in [3.05, 3.63) is 65.7 Å². The second-order valence-corrected chi connectivity index (χ2v) is 3.69. The zero-order valence-corrected chi connectivity index (χ0v) is 10.00. The third-order valence-corrected chi connectivity index (χ3v) is 2.42. The standard InChI is InChI=1S/C14H12N2O3/c17-10-11-6-4-5-9-13(11)14(18)19-16-15-12-7-2-1-3-8-12/h1-10,15-16H. The average molecular weight is 256 g/mol. The number of carbonyl (C=O) groups is 2. The van der Waals surface area contributed by atoms with Crippen LogP contribution in [-0.4, -0.2) is 12.3 Å². The lowest BCUT2D eigenvalue weighted by molar-refractivity contribution is 0.0305. The van der Waals surface area contributed by atoms with Crippen LogP contribution in [0.2, 0.25) is 0 Å². The predicted octanol–water partition coefficient (Wildman–Crippen LogP) is 2.19. The molecule has 0 heterocycles. The van der Waals surface area contributed by atoms with E-state index in [-0.39, 0.29) is 11.1 Å². The highest BCUT2D eigenvalue weighted by atomic mass is 16.7. The number of hydrogen-bond donors (Lipinski definition) is 2. The molecule has 5 nitrogen and oxygen atoms in total. The molecule has 0 unspecified atom stereocenters. The Hall–Kier alpha value is -2.66. The molecule has 0 aliphatic carbocycles. The van der Waals surface area contributed by atoms with E-state index in [0.29, 0.717) is 6.29 Å². The molecule has 0 fully saturated rings. The Morgan fingerprint density at radius 2 is 1.68 bits per heavy atom. The van der Waals surface area contributed by atoms with E-state index in [9.17, 15) is 9.59 Å². The summed E-state index contributed by atoms with van der Waals surface area (Å²) in [5.41, 5.74) is 6.28. The van der Waals surface area contributed by atoms with Gasteiger partial charge in [-0.25, -0.2) is 4.79 Å². The van der Waals surface area contributed by atoms with E-state index in [1.54, 1.807) is 30.3 Å². The first-order valence-electron chi connectivity index (χ1n) is 5.62. The quantitative estimate of drug-likeness (QED) is 0.634. The first-order valence-corrected chi connectivity index (χ1v) is 5.62.